The van der Waals surface area contributed by atoms with Crippen molar-refractivity contribution in [1.82, 2.24) is 5.32 Å². The van der Waals surface area contributed by atoms with E-state index in [9.17, 15) is 4.39 Å². The molecule has 1 aliphatic heterocycles. The minimum atomic E-state index is -0.313. The van der Waals surface area contributed by atoms with E-state index in [4.69, 9.17) is 9.47 Å². The Kier molecular flexibility index (Phi) is 4.34. The largest absolute Gasteiger partial charge is 0.494 e. The molecule has 0 aromatic heterocycles. The fourth-order valence-electron chi connectivity index (χ4n) is 2.00. The van der Waals surface area contributed by atoms with Gasteiger partial charge in [-0.15, -0.1) is 0 Å². The number of hydrogen-bond acceptors (Lipinski definition) is 3. The number of benzene rings is 1. The Balaban J connectivity index is 1.99. The first-order chi connectivity index (χ1) is 8.29. The smallest absolute Gasteiger partial charge is 0.165 e. The number of hydrogen-bond donors (Lipinski definition) is 1. The third-order valence-electron chi connectivity index (χ3n) is 2.90. The second-order valence-corrected chi connectivity index (χ2v) is 4.22. The van der Waals surface area contributed by atoms with Crippen LogP contribution >= 0.6 is 0 Å². The van der Waals surface area contributed by atoms with E-state index >= 15 is 0 Å². The van der Waals surface area contributed by atoms with Gasteiger partial charge in [-0.2, -0.15) is 0 Å². The van der Waals surface area contributed by atoms with Crippen molar-refractivity contribution in [2.24, 2.45) is 0 Å². The maximum absolute atomic E-state index is 13.5. The van der Waals surface area contributed by atoms with Crippen LogP contribution in [0.25, 0.3) is 0 Å². The van der Waals surface area contributed by atoms with Crippen molar-refractivity contribution < 1.29 is 13.9 Å². The monoisotopic (exact) mass is 239 g/mol. The van der Waals surface area contributed by atoms with Gasteiger partial charge in [-0.05, 0) is 37.1 Å². The number of ether oxygens (including phenoxy) is 2. The molecule has 3 nitrogen and oxygen atoms in total. The van der Waals surface area contributed by atoms with E-state index in [1.807, 2.05) is 6.07 Å². The summed E-state index contributed by atoms with van der Waals surface area (Å²) in [4.78, 5) is 0. The molecule has 1 fully saturated rings. The summed E-state index contributed by atoms with van der Waals surface area (Å²) in [6.45, 7) is 2.59. The first-order valence-corrected chi connectivity index (χ1v) is 5.94. The molecule has 0 amide bonds. The molecule has 0 saturated carbocycles. The fraction of sp³-hybridized carbons (Fsp3) is 0.538. The summed E-state index contributed by atoms with van der Waals surface area (Å²) in [6, 6.07) is 5.07. The van der Waals surface area contributed by atoms with Crippen LogP contribution < -0.4 is 10.1 Å². The number of halogens is 1. The first kappa shape index (κ1) is 12.3. The van der Waals surface area contributed by atoms with Gasteiger partial charge in [0, 0.05) is 13.2 Å². The van der Waals surface area contributed by atoms with E-state index in [1.165, 1.54) is 13.2 Å². The molecule has 1 heterocycles. The number of methoxy groups -OCH3 is 1. The van der Waals surface area contributed by atoms with Gasteiger partial charge in [-0.3, -0.25) is 0 Å². The van der Waals surface area contributed by atoms with Gasteiger partial charge >= 0.3 is 0 Å². The molecular formula is C13H18FNO2. The third kappa shape index (κ3) is 3.41. The molecule has 1 N–H and O–H groups in total. The van der Waals surface area contributed by atoms with Crippen LogP contribution in [0, 0.1) is 5.82 Å². The molecule has 1 saturated heterocycles. The van der Waals surface area contributed by atoms with Crippen LogP contribution in [0.5, 0.6) is 5.75 Å². The van der Waals surface area contributed by atoms with Gasteiger partial charge in [0.1, 0.15) is 0 Å². The molecule has 94 valence electrons. The van der Waals surface area contributed by atoms with Crippen molar-refractivity contribution in [3.05, 3.63) is 29.6 Å². The summed E-state index contributed by atoms with van der Waals surface area (Å²) in [5.74, 6) is -0.0276. The zero-order chi connectivity index (χ0) is 12.1. The summed E-state index contributed by atoms with van der Waals surface area (Å²) in [6.07, 6.45) is 1.90. The highest BCUT2D eigenvalue weighted by atomic mass is 19.1. The van der Waals surface area contributed by atoms with Crippen LogP contribution in [-0.2, 0) is 11.2 Å². The lowest BCUT2D eigenvalue weighted by atomic mass is 10.1. The summed E-state index contributed by atoms with van der Waals surface area (Å²) in [5.41, 5.74) is 0.942. The van der Waals surface area contributed by atoms with Gasteiger partial charge < -0.3 is 14.8 Å². The maximum Gasteiger partial charge on any atom is 0.165 e. The minimum Gasteiger partial charge on any atom is -0.494 e. The predicted octanol–water partition coefficient (Wildman–Crippen LogP) is 1.76. The van der Waals surface area contributed by atoms with Crippen molar-refractivity contribution in [2.75, 3.05) is 26.8 Å². The molecule has 1 atom stereocenters. The zero-order valence-corrected chi connectivity index (χ0v) is 10.0. The SMILES string of the molecule is COc1ccc(CC2CNCCCO2)cc1F. The average molecular weight is 239 g/mol. The number of rotatable bonds is 3. The van der Waals surface area contributed by atoms with Crippen LogP contribution in [0.4, 0.5) is 4.39 Å². The van der Waals surface area contributed by atoms with Crippen molar-refractivity contribution in [1.29, 1.82) is 0 Å². The lowest BCUT2D eigenvalue weighted by Crippen LogP contribution is -2.27. The van der Waals surface area contributed by atoms with Crippen LogP contribution in [0.3, 0.4) is 0 Å². The standard InChI is InChI=1S/C13H18FNO2/c1-16-13-4-3-10(8-12(13)14)7-11-9-15-5-2-6-17-11/h3-4,8,11,15H,2,5-7,9H2,1H3. The van der Waals surface area contributed by atoms with Crippen molar-refractivity contribution in [3.63, 3.8) is 0 Å². The van der Waals surface area contributed by atoms with Gasteiger partial charge in [-0.1, -0.05) is 6.07 Å². The summed E-state index contributed by atoms with van der Waals surface area (Å²) < 4.78 is 24.1. The average Bonchev–Trinajstić information content (AvgIpc) is 2.58. The Morgan fingerprint density at radius 3 is 3.18 bits per heavy atom. The van der Waals surface area contributed by atoms with E-state index in [2.05, 4.69) is 5.32 Å². The molecule has 0 bridgehead atoms. The molecule has 1 aliphatic rings. The molecule has 0 spiro atoms. The van der Waals surface area contributed by atoms with Gasteiger partial charge in [-0.25, -0.2) is 4.39 Å². The molecule has 2 rings (SSSR count). The fourth-order valence-corrected chi connectivity index (χ4v) is 2.00. The van der Waals surface area contributed by atoms with E-state index in [1.54, 1.807) is 6.07 Å². The van der Waals surface area contributed by atoms with Gasteiger partial charge in [0.2, 0.25) is 0 Å². The minimum absolute atomic E-state index is 0.130. The topological polar surface area (TPSA) is 30.5 Å². The quantitative estimate of drug-likeness (QED) is 0.871. The Labute approximate surface area is 101 Å². The number of nitrogens with one attached hydrogen (secondary N) is 1. The highest BCUT2D eigenvalue weighted by Gasteiger charge is 2.14. The van der Waals surface area contributed by atoms with Crippen molar-refractivity contribution in [2.45, 2.75) is 18.9 Å². The second-order valence-electron chi connectivity index (χ2n) is 4.22. The van der Waals surface area contributed by atoms with Crippen LogP contribution in [-0.4, -0.2) is 32.9 Å². The van der Waals surface area contributed by atoms with E-state index in [-0.39, 0.29) is 17.7 Å². The Hall–Kier alpha value is -1.13. The van der Waals surface area contributed by atoms with Gasteiger partial charge in [0.05, 0.1) is 13.2 Å². The molecule has 17 heavy (non-hydrogen) atoms. The predicted molar refractivity (Wildman–Crippen MR) is 63.9 cm³/mol. The van der Waals surface area contributed by atoms with E-state index in [0.717, 1.165) is 38.1 Å². The van der Waals surface area contributed by atoms with E-state index in [0.29, 0.717) is 0 Å². The van der Waals surface area contributed by atoms with Gasteiger partial charge in [0.15, 0.2) is 11.6 Å². The lowest BCUT2D eigenvalue weighted by molar-refractivity contribution is 0.0675. The zero-order valence-electron chi connectivity index (χ0n) is 10.0. The highest BCUT2D eigenvalue weighted by Crippen LogP contribution is 2.19. The van der Waals surface area contributed by atoms with E-state index < -0.39 is 0 Å². The summed E-state index contributed by atoms with van der Waals surface area (Å²) >= 11 is 0. The molecular weight excluding hydrogens is 221 g/mol. The molecule has 0 radical (unpaired) electrons. The molecule has 1 aromatic rings. The molecule has 1 aromatic carbocycles. The Bertz CT molecular complexity index is 362. The lowest BCUT2D eigenvalue weighted by Gasteiger charge is -2.15. The van der Waals surface area contributed by atoms with Crippen LogP contribution in [0.2, 0.25) is 0 Å². The van der Waals surface area contributed by atoms with Crippen molar-refractivity contribution in [3.8, 4) is 5.75 Å². The third-order valence-corrected chi connectivity index (χ3v) is 2.90. The first-order valence-electron chi connectivity index (χ1n) is 5.94. The Morgan fingerprint density at radius 2 is 2.41 bits per heavy atom. The highest BCUT2D eigenvalue weighted by molar-refractivity contribution is 5.29. The Morgan fingerprint density at radius 1 is 1.53 bits per heavy atom. The molecule has 4 heteroatoms. The van der Waals surface area contributed by atoms with Crippen molar-refractivity contribution >= 4 is 0 Å². The summed E-state index contributed by atoms with van der Waals surface area (Å²) in [5, 5.41) is 3.31. The molecule has 0 aliphatic carbocycles. The maximum atomic E-state index is 13.5. The second kappa shape index (κ2) is 5.98. The van der Waals surface area contributed by atoms with Crippen LogP contribution in [0.15, 0.2) is 18.2 Å². The summed E-state index contributed by atoms with van der Waals surface area (Å²) in [7, 11) is 1.47. The molecule has 1 unspecified atom stereocenters. The van der Waals surface area contributed by atoms with Gasteiger partial charge in [0.25, 0.3) is 0 Å². The normalized spacial score (nSPS) is 20.9. The van der Waals surface area contributed by atoms with Crippen LogP contribution in [0.1, 0.15) is 12.0 Å².